The van der Waals surface area contributed by atoms with Gasteiger partial charge in [-0.2, -0.15) is 0 Å². The lowest BCUT2D eigenvalue weighted by atomic mass is 10.1. The van der Waals surface area contributed by atoms with Crippen molar-refractivity contribution in [3.8, 4) is 0 Å². The SMILES string of the molecule is O=C(O)Cc1cn(CCCCCCNC(=O)/C=C/c2cccnc2)c2ccccc12. The van der Waals surface area contributed by atoms with Crippen LogP contribution >= 0.6 is 0 Å². The molecule has 2 heterocycles. The van der Waals surface area contributed by atoms with Gasteiger partial charge in [0.1, 0.15) is 0 Å². The van der Waals surface area contributed by atoms with Crippen LogP contribution < -0.4 is 5.32 Å². The zero-order chi connectivity index (χ0) is 21.2. The highest BCUT2D eigenvalue weighted by Crippen LogP contribution is 2.22. The minimum atomic E-state index is -0.810. The van der Waals surface area contributed by atoms with Crippen molar-refractivity contribution in [2.24, 2.45) is 0 Å². The Morgan fingerprint density at radius 2 is 1.90 bits per heavy atom. The summed E-state index contributed by atoms with van der Waals surface area (Å²) in [4.78, 5) is 26.9. The number of carbonyl (C=O) groups is 2. The molecule has 6 heteroatoms. The number of hydrogen-bond acceptors (Lipinski definition) is 3. The molecule has 3 rings (SSSR count). The Morgan fingerprint density at radius 1 is 1.07 bits per heavy atom. The van der Waals surface area contributed by atoms with Crippen molar-refractivity contribution in [3.05, 3.63) is 72.2 Å². The predicted octanol–water partition coefficient (Wildman–Crippen LogP) is 4.05. The molecule has 6 nitrogen and oxygen atoms in total. The molecule has 0 saturated carbocycles. The van der Waals surface area contributed by atoms with Gasteiger partial charge in [0, 0.05) is 48.7 Å². The number of hydrogen-bond donors (Lipinski definition) is 2. The number of carboxylic acids is 1. The summed E-state index contributed by atoms with van der Waals surface area (Å²) in [5.41, 5.74) is 2.85. The van der Waals surface area contributed by atoms with Crippen molar-refractivity contribution in [1.82, 2.24) is 14.9 Å². The monoisotopic (exact) mass is 405 g/mol. The second-order valence-electron chi connectivity index (χ2n) is 7.26. The average Bonchev–Trinajstić information content (AvgIpc) is 3.09. The minimum Gasteiger partial charge on any atom is -0.481 e. The van der Waals surface area contributed by atoms with Crippen LogP contribution in [0.2, 0.25) is 0 Å². The molecule has 0 spiro atoms. The van der Waals surface area contributed by atoms with E-state index in [1.165, 1.54) is 6.08 Å². The highest BCUT2D eigenvalue weighted by molar-refractivity contribution is 5.91. The van der Waals surface area contributed by atoms with Crippen LogP contribution in [0.1, 0.15) is 36.8 Å². The van der Waals surface area contributed by atoms with Crippen LogP contribution in [0.3, 0.4) is 0 Å². The zero-order valence-corrected chi connectivity index (χ0v) is 17.0. The lowest BCUT2D eigenvalue weighted by Crippen LogP contribution is -2.21. The van der Waals surface area contributed by atoms with Gasteiger partial charge >= 0.3 is 5.97 Å². The largest absolute Gasteiger partial charge is 0.481 e. The Hall–Kier alpha value is -3.41. The Labute approximate surface area is 176 Å². The molecule has 0 atom stereocenters. The van der Waals surface area contributed by atoms with E-state index in [9.17, 15) is 9.59 Å². The molecule has 0 aliphatic rings. The first-order valence-electron chi connectivity index (χ1n) is 10.3. The number of nitrogens with one attached hydrogen (secondary N) is 1. The Morgan fingerprint density at radius 3 is 2.70 bits per heavy atom. The third-order valence-electron chi connectivity index (χ3n) is 4.95. The molecule has 0 saturated heterocycles. The smallest absolute Gasteiger partial charge is 0.307 e. The molecular weight excluding hydrogens is 378 g/mol. The summed E-state index contributed by atoms with van der Waals surface area (Å²) in [6.45, 7) is 1.52. The van der Waals surface area contributed by atoms with E-state index >= 15 is 0 Å². The molecule has 1 amide bonds. The van der Waals surface area contributed by atoms with E-state index < -0.39 is 5.97 Å². The quantitative estimate of drug-likeness (QED) is 0.372. The van der Waals surface area contributed by atoms with Gasteiger partial charge < -0.3 is 15.0 Å². The first-order valence-corrected chi connectivity index (χ1v) is 10.3. The number of nitrogens with zero attached hydrogens (tertiary/aromatic N) is 2. The molecular formula is C24H27N3O3. The van der Waals surface area contributed by atoms with Crippen LogP contribution in [0.15, 0.2) is 61.1 Å². The number of aromatic nitrogens is 2. The number of amides is 1. The number of carbonyl (C=O) groups excluding carboxylic acids is 1. The van der Waals surface area contributed by atoms with E-state index in [0.29, 0.717) is 6.54 Å². The van der Waals surface area contributed by atoms with Gasteiger partial charge in [-0.05, 0) is 42.2 Å². The molecule has 156 valence electrons. The molecule has 0 unspecified atom stereocenters. The van der Waals surface area contributed by atoms with Crippen molar-refractivity contribution in [1.29, 1.82) is 0 Å². The third-order valence-corrected chi connectivity index (χ3v) is 4.95. The molecule has 1 aromatic carbocycles. The number of unbranched alkanes of at least 4 members (excludes halogenated alkanes) is 3. The summed E-state index contributed by atoms with van der Waals surface area (Å²) >= 11 is 0. The van der Waals surface area contributed by atoms with Crippen molar-refractivity contribution >= 4 is 28.9 Å². The van der Waals surface area contributed by atoms with Crippen LogP contribution in [-0.2, 0) is 22.6 Å². The topological polar surface area (TPSA) is 84.2 Å². The van der Waals surface area contributed by atoms with Gasteiger partial charge in [-0.15, -0.1) is 0 Å². The number of fused-ring (bicyclic) bond motifs is 1. The standard InChI is InChI=1S/C24H27N3O3/c28-23(12-11-19-8-7-13-25-17-19)26-14-5-1-2-6-15-27-18-20(16-24(29)30)21-9-3-4-10-22(21)27/h3-4,7-13,17-18H,1-2,5-6,14-16H2,(H,26,28)(H,29,30)/b12-11+. The Kier molecular flexibility index (Phi) is 7.78. The summed E-state index contributed by atoms with van der Waals surface area (Å²) in [5, 5.41) is 13.0. The van der Waals surface area contributed by atoms with Gasteiger partial charge in [-0.1, -0.05) is 37.1 Å². The van der Waals surface area contributed by atoms with Crippen molar-refractivity contribution in [3.63, 3.8) is 0 Å². The van der Waals surface area contributed by atoms with Crippen molar-refractivity contribution in [2.45, 2.75) is 38.6 Å². The van der Waals surface area contributed by atoms with Crippen LogP contribution in [-0.4, -0.2) is 33.1 Å². The first-order chi connectivity index (χ1) is 14.6. The maximum Gasteiger partial charge on any atom is 0.307 e. The van der Waals surface area contributed by atoms with Gasteiger partial charge in [0.2, 0.25) is 5.91 Å². The Balaban J connectivity index is 1.36. The second-order valence-corrected chi connectivity index (χ2v) is 7.26. The van der Waals surface area contributed by atoms with Gasteiger partial charge in [-0.3, -0.25) is 14.6 Å². The fourth-order valence-corrected chi connectivity index (χ4v) is 3.49. The van der Waals surface area contributed by atoms with E-state index in [1.807, 2.05) is 42.6 Å². The van der Waals surface area contributed by atoms with Gasteiger partial charge in [-0.25, -0.2) is 0 Å². The summed E-state index contributed by atoms with van der Waals surface area (Å²) in [6, 6.07) is 11.7. The summed E-state index contributed by atoms with van der Waals surface area (Å²) in [7, 11) is 0. The van der Waals surface area contributed by atoms with Crippen LogP contribution in [0, 0.1) is 0 Å². The maximum atomic E-state index is 11.8. The number of aryl methyl sites for hydroxylation is 1. The normalized spacial score (nSPS) is 11.2. The Bertz CT molecular complexity index is 1010. The van der Waals surface area contributed by atoms with E-state index in [4.69, 9.17) is 5.11 Å². The average molecular weight is 405 g/mol. The van der Waals surface area contributed by atoms with Crippen LogP contribution in [0.25, 0.3) is 17.0 Å². The highest BCUT2D eigenvalue weighted by Gasteiger charge is 2.10. The number of benzene rings is 1. The molecule has 2 aromatic heterocycles. The minimum absolute atomic E-state index is 0.0441. The van der Waals surface area contributed by atoms with Crippen molar-refractivity contribution in [2.75, 3.05) is 6.54 Å². The first kappa shape index (κ1) is 21.3. The molecule has 30 heavy (non-hydrogen) atoms. The van der Waals surface area contributed by atoms with E-state index in [-0.39, 0.29) is 12.3 Å². The molecule has 0 radical (unpaired) electrons. The molecule has 0 aliphatic heterocycles. The molecule has 3 aromatic rings. The molecule has 2 N–H and O–H groups in total. The lowest BCUT2D eigenvalue weighted by Gasteiger charge is -2.06. The molecule has 0 bridgehead atoms. The number of aliphatic carboxylic acids is 1. The summed E-state index contributed by atoms with van der Waals surface area (Å²) in [5.74, 6) is -0.904. The maximum absolute atomic E-state index is 11.8. The summed E-state index contributed by atoms with van der Waals surface area (Å²) < 4.78 is 2.15. The fraction of sp³-hybridized carbons (Fsp3) is 0.292. The van der Waals surface area contributed by atoms with Crippen LogP contribution in [0.5, 0.6) is 0 Å². The van der Waals surface area contributed by atoms with E-state index in [1.54, 1.807) is 18.5 Å². The number of pyridine rings is 1. The van der Waals surface area contributed by atoms with Crippen molar-refractivity contribution < 1.29 is 14.7 Å². The van der Waals surface area contributed by atoms with Gasteiger partial charge in [0.05, 0.1) is 6.42 Å². The van der Waals surface area contributed by atoms with Gasteiger partial charge in [0.15, 0.2) is 0 Å². The molecule has 0 fully saturated rings. The number of rotatable bonds is 11. The third kappa shape index (κ3) is 6.30. The summed E-state index contributed by atoms with van der Waals surface area (Å²) in [6.07, 6.45) is 12.7. The number of carboxylic acid groups (broad SMARTS) is 1. The van der Waals surface area contributed by atoms with E-state index in [0.717, 1.165) is 54.3 Å². The lowest BCUT2D eigenvalue weighted by molar-refractivity contribution is -0.136. The number of para-hydroxylation sites is 1. The van der Waals surface area contributed by atoms with Crippen LogP contribution in [0.4, 0.5) is 0 Å². The highest BCUT2D eigenvalue weighted by atomic mass is 16.4. The second kappa shape index (κ2) is 11.0. The predicted molar refractivity (Wildman–Crippen MR) is 118 cm³/mol. The van der Waals surface area contributed by atoms with Gasteiger partial charge in [0.25, 0.3) is 0 Å². The zero-order valence-electron chi connectivity index (χ0n) is 17.0. The molecule has 0 aliphatic carbocycles. The fourth-order valence-electron chi connectivity index (χ4n) is 3.49. The van der Waals surface area contributed by atoms with E-state index in [2.05, 4.69) is 14.9 Å².